The van der Waals surface area contributed by atoms with Crippen molar-refractivity contribution < 1.29 is 14.3 Å². The van der Waals surface area contributed by atoms with Crippen LogP contribution in [0.4, 0.5) is 5.13 Å². The van der Waals surface area contributed by atoms with Crippen LogP contribution in [0.3, 0.4) is 0 Å². The molecule has 0 aliphatic rings. The zero-order valence-electron chi connectivity index (χ0n) is 18.7. The number of hydrogen-bond acceptors (Lipinski definition) is 8. The molecule has 1 amide bonds. The van der Waals surface area contributed by atoms with Gasteiger partial charge in [-0.2, -0.15) is 0 Å². The minimum atomic E-state index is -0.173. The van der Waals surface area contributed by atoms with Crippen LogP contribution in [0.15, 0.2) is 71.7 Å². The Hall–Kier alpha value is -3.63. The Bertz CT molecular complexity index is 1280. The molecule has 2 aromatic heterocycles. The van der Waals surface area contributed by atoms with E-state index in [2.05, 4.69) is 27.1 Å². The normalized spacial score (nSPS) is 10.6. The monoisotopic (exact) mass is 493 g/mol. The topological polar surface area (TPSA) is 91.2 Å². The molecule has 4 aromatic rings. The third-order valence-corrected chi connectivity index (χ3v) is 6.57. The third kappa shape index (κ3) is 5.29. The van der Waals surface area contributed by atoms with Crippen LogP contribution in [0.25, 0.3) is 22.6 Å². The first-order valence-corrected chi connectivity index (χ1v) is 12.2. The number of para-hydroxylation sites is 1. The Kier molecular flexibility index (Phi) is 7.61. The van der Waals surface area contributed by atoms with Crippen molar-refractivity contribution in [3.63, 3.8) is 0 Å². The first-order chi connectivity index (χ1) is 16.6. The Balaban J connectivity index is 1.43. The molecule has 4 rings (SSSR count). The molecular formula is C24H23N5O3S2. The molecule has 0 atom stereocenters. The van der Waals surface area contributed by atoms with E-state index in [1.807, 2.05) is 58.5 Å². The first-order valence-electron chi connectivity index (χ1n) is 10.3. The molecule has 0 saturated carbocycles. The molecule has 8 nitrogen and oxygen atoms in total. The number of hydrogen-bond donors (Lipinski definition) is 1. The molecule has 34 heavy (non-hydrogen) atoms. The van der Waals surface area contributed by atoms with Gasteiger partial charge in [-0.25, -0.2) is 4.98 Å². The molecule has 1 N–H and O–H groups in total. The first kappa shape index (κ1) is 23.5. The van der Waals surface area contributed by atoms with Crippen LogP contribution >= 0.6 is 23.1 Å². The number of anilines is 1. The number of thiazole rings is 1. The highest BCUT2D eigenvalue weighted by Gasteiger charge is 2.18. The molecular weight excluding hydrogens is 470 g/mol. The summed E-state index contributed by atoms with van der Waals surface area (Å²) in [7, 11) is 3.24. The van der Waals surface area contributed by atoms with Gasteiger partial charge in [-0.1, -0.05) is 30.0 Å². The van der Waals surface area contributed by atoms with E-state index in [-0.39, 0.29) is 11.7 Å². The van der Waals surface area contributed by atoms with Crippen LogP contribution in [0.2, 0.25) is 0 Å². The molecule has 0 fully saturated rings. The van der Waals surface area contributed by atoms with Gasteiger partial charge in [-0.15, -0.1) is 28.1 Å². The molecule has 2 heterocycles. The lowest BCUT2D eigenvalue weighted by molar-refractivity contribution is -0.113. The third-order valence-electron chi connectivity index (χ3n) is 4.85. The van der Waals surface area contributed by atoms with Crippen LogP contribution in [-0.2, 0) is 11.3 Å². The molecule has 0 aliphatic carbocycles. The second kappa shape index (κ2) is 11.0. The molecule has 2 aromatic carbocycles. The highest BCUT2D eigenvalue weighted by molar-refractivity contribution is 7.99. The number of ether oxygens (including phenoxy) is 2. The fourth-order valence-electron chi connectivity index (χ4n) is 3.23. The summed E-state index contributed by atoms with van der Waals surface area (Å²) in [5.74, 6) is 2.13. The largest absolute Gasteiger partial charge is 0.497 e. The summed E-state index contributed by atoms with van der Waals surface area (Å²) in [6, 6.07) is 15.2. The zero-order valence-corrected chi connectivity index (χ0v) is 20.4. The van der Waals surface area contributed by atoms with Crippen LogP contribution in [0.5, 0.6) is 11.5 Å². The van der Waals surface area contributed by atoms with E-state index >= 15 is 0 Å². The average molecular weight is 494 g/mol. The Morgan fingerprint density at radius 2 is 1.94 bits per heavy atom. The lowest BCUT2D eigenvalue weighted by Crippen LogP contribution is -2.14. The van der Waals surface area contributed by atoms with Crippen molar-refractivity contribution in [1.82, 2.24) is 19.7 Å². The van der Waals surface area contributed by atoms with Gasteiger partial charge in [0, 0.05) is 17.5 Å². The van der Waals surface area contributed by atoms with Gasteiger partial charge in [0.1, 0.15) is 11.5 Å². The van der Waals surface area contributed by atoms with Crippen molar-refractivity contribution in [3.05, 3.63) is 66.6 Å². The fraction of sp³-hybridized carbons (Fsp3) is 0.167. The van der Waals surface area contributed by atoms with E-state index in [1.165, 1.54) is 23.1 Å². The van der Waals surface area contributed by atoms with Gasteiger partial charge in [0.05, 0.1) is 31.2 Å². The maximum absolute atomic E-state index is 12.6. The van der Waals surface area contributed by atoms with Gasteiger partial charge in [0.15, 0.2) is 16.1 Å². The van der Waals surface area contributed by atoms with Gasteiger partial charge in [0.2, 0.25) is 5.91 Å². The van der Waals surface area contributed by atoms with E-state index in [9.17, 15) is 4.79 Å². The van der Waals surface area contributed by atoms with Crippen LogP contribution in [0, 0.1) is 0 Å². The van der Waals surface area contributed by atoms with Crippen molar-refractivity contribution in [1.29, 1.82) is 0 Å². The van der Waals surface area contributed by atoms with Crippen LogP contribution < -0.4 is 14.8 Å². The van der Waals surface area contributed by atoms with E-state index in [0.29, 0.717) is 28.4 Å². The van der Waals surface area contributed by atoms with E-state index in [4.69, 9.17) is 9.47 Å². The Morgan fingerprint density at radius 3 is 2.68 bits per heavy atom. The van der Waals surface area contributed by atoms with Crippen LogP contribution in [-0.4, -0.2) is 45.6 Å². The lowest BCUT2D eigenvalue weighted by Gasteiger charge is -2.10. The fourth-order valence-corrected chi connectivity index (χ4v) is 4.71. The number of allylic oxidation sites excluding steroid dienone is 1. The Morgan fingerprint density at radius 1 is 1.15 bits per heavy atom. The molecule has 0 radical (unpaired) electrons. The summed E-state index contributed by atoms with van der Waals surface area (Å²) >= 11 is 2.68. The smallest absolute Gasteiger partial charge is 0.236 e. The summed E-state index contributed by atoms with van der Waals surface area (Å²) in [5.41, 5.74) is 2.57. The van der Waals surface area contributed by atoms with Crippen molar-refractivity contribution >= 4 is 34.1 Å². The molecule has 0 spiro atoms. The minimum absolute atomic E-state index is 0.165. The maximum atomic E-state index is 12.6. The summed E-state index contributed by atoms with van der Waals surface area (Å²) in [4.78, 5) is 17.1. The average Bonchev–Trinajstić information content (AvgIpc) is 3.50. The van der Waals surface area contributed by atoms with Crippen molar-refractivity contribution in [2.24, 2.45) is 0 Å². The van der Waals surface area contributed by atoms with Gasteiger partial charge in [0.25, 0.3) is 0 Å². The van der Waals surface area contributed by atoms with Crippen molar-refractivity contribution in [3.8, 4) is 34.1 Å². The Labute approximate surface area is 205 Å². The van der Waals surface area contributed by atoms with E-state index < -0.39 is 0 Å². The number of amides is 1. The summed E-state index contributed by atoms with van der Waals surface area (Å²) < 4.78 is 12.6. The predicted molar refractivity (Wildman–Crippen MR) is 136 cm³/mol. The van der Waals surface area contributed by atoms with Gasteiger partial charge in [-0.05, 0) is 36.4 Å². The maximum Gasteiger partial charge on any atom is 0.236 e. The van der Waals surface area contributed by atoms with Gasteiger partial charge >= 0.3 is 0 Å². The standard InChI is InChI=1S/C24H23N5O3S2/c1-4-13-29-22(18-7-5-6-8-20(18)32-3)27-28-24(29)34-15-21(30)26-23-25-19(14-33-23)16-9-11-17(31-2)12-10-16/h4-12,14H,1,13,15H2,2-3H3,(H,25,26,30). The highest BCUT2D eigenvalue weighted by Crippen LogP contribution is 2.31. The van der Waals surface area contributed by atoms with Gasteiger partial charge in [-0.3, -0.25) is 9.36 Å². The molecule has 10 heteroatoms. The number of carbonyl (C=O) groups is 1. The predicted octanol–water partition coefficient (Wildman–Crippen LogP) is 5.00. The number of thioether (sulfide) groups is 1. The minimum Gasteiger partial charge on any atom is -0.497 e. The molecule has 0 bridgehead atoms. The molecule has 0 unspecified atom stereocenters. The highest BCUT2D eigenvalue weighted by atomic mass is 32.2. The van der Waals surface area contributed by atoms with Crippen LogP contribution in [0.1, 0.15) is 0 Å². The quantitative estimate of drug-likeness (QED) is 0.245. The second-order valence-electron chi connectivity index (χ2n) is 7.01. The van der Waals surface area contributed by atoms with E-state index in [0.717, 1.165) is 22.6 Å². The number of aromatic nitrogens is 4. The van der Waals surface area contributed by atoms with Gasteiger partial charge < -0.3 is 14.8 Å². The number of methoxy groups -OCH3 is 2. The summed E-state index contributed by atoms with van der Waals surface area (Å²) in [6.07, 6.45) is 1.77. The van der Waals surface area contributed by atoms with Crippen molar-refractivity contribution in [2.75, 3.05) is 25.3 Å². The SMILES string of the molecule is C=CCn1c(SCC(=O)Nc2nc(-c3ccc(OC)cc3)cs2)nnc1-c1ccccc1OC. The number of rotatable bonds is 10. The van der Waals surface area contributed by atoms with E-state index in [1.54, 1.807) is 20.3 Å². The number of nitrogens with one attached hydrogen (secondary N) is 1. The molecule has 0 saturated heterocycles. The number of benzene rings is 2. The number of carbonyl (C=O) groups excluding carboxylic acids is 1. The zero-order chi connectivity index (χ0) is 23.9. The molecule has 0 aliphatic heterocycles. The number of nitrogens with zero attached hydrogens (tertiary/aromatic N) is 4. The molecule has 174 valence electrons. The lowest BCUT2D eigenvalue weighted by atomic mass is 10.2. The summed E-state index contributed by atoms with van der Waals surface area (Å²) in [6.45, 7) is 4.33. The van der Waals surface area contributed by atoms with Crippen molar-refractivity contribution in [2.45, 2.75) is 11.7 Å². The second-order valence-corrected chi connectivity index (χ2v) is 8.81. The summed E-state index contributed by atoms with van der Waals surface area (Å²) in [5, 5.41) is 14.6.